The zero-order valence-corrected chi connectivity index (χ0v) is 19.6. The normalized spacial score (nSPS) is 16.7. The number of ether oxygens (including phenoxy) is 3. The topological polar surface area (TPSA) is 116 Å². The van der Waals surface area contributed by atoms with Gasteiger partial charge in [0.25, 0.3) is 0 Å². The summed E-state index contributed by atoms with van der Waals surface area (Å²) >= 11 is 0. The van der Waals surface area contributed by atoms with Gasteiger partial charge in [-0.3, -0.25) is 4.79 Å². The van der Waals surface area contributed by atoms with E-state index in [0.717, 1.165) is 33.9 Å². The number of carbonyl (C=O) groups excluding carboxylic acids is 1. The van der Waals surface area contributed by atoms with Gasteiger partial charge < -0.3 is 19.5 Å². The van der Waals surface area contributed by atoms with Crippen molar-refractivity contribution in [1.82, 2.24) is 0 Å². The summed E-state index contributed by atoms with van der Waals surface area (Å²) in [5.74, 6) is 1.46. The van der Waals surface area contributed by atoms with Crippen molar-refractivity contribution in [3.8, 4) is 11.5 Å². The van der Waals surface area contributed by atoms with Gasteiger partial charge in [-0.1, -0.05) is 24.3 Å². The van der Waals surface area contributed by atoms with E-state index in [9.17, 15) is 4.79 Å². The zero-order chi connectivity index (χ0) is 24.1. The number of carbonyl (C=O) groups is 1. The third kappa shape index (κ3) is 6.91. The summed E-state index contributed by atoms with van der Waals surface area (Å²) in [4.78, 5) is 11.3. The van der Waals surface area contributed by atoms with Gasteiger partial charge in [0.15, 0.2) is 11.5 Å². The van der Waals surface area contributed by atoms with Crippen molar-refractivity contribution in [3.63, 3.8) is 0 Å². The van der Waals surface area contributed by atoms with Crippen molar-refractivity contribution in [1.29, 1.82) is 0 Å². The van der Waals surface area contributed by atoms with Crippen molar-refractivity contribution >= 4 is 11.7 Å². The molecule has 9 heteroatoms. The monoisotopic (exact) mass is 483 g/mol. The quantitative estimate of drug-likeness (QED) is 0.298. The molecule has 0 aromatic heterocycles. The second kappa shape index (κ2) is 16.0. The number of benzene rings is 1. The van der Waals surface area contributed by atoms with Crippen LogP contribution in [0.2, 0.25) is 0 Å². The van der Waals surface area contributed by atoms with E-state index in [4.69, 9.17) is 28.2 Å². The average molecular weight is 483 g/mol. The molecule has 32 heavy (non-hydrogen) atoms. The Bertz CT molecular complexity index is 873. The molecule has 2 aliphatic rings. The van der Waals surface area contributed by atoms with Crippen LogP contribution in [0.25, 0.3) is 0 Å². The van der Waals surface area contributed by atoms with Gasteiger partial charge in [0.2, 0.25) is 0 Å². The zero-order valence-electron chi connectivity index (χ0n) is 18.5. The van der Waals surface area contributed by atoms with Gasteiger partial charge in [-0.05, 0) is 19.4 Å². The van der Waals surface area contributed by atoms with Crippen LogP contribution in [0.15, 0.2) is 24.3 Å². The molecule has 1 aliphatic heterocycles. The third-order valence-corrected chi connectivity index (χ3v) is 4.86. The van der Waals surface area contributed by atoms with E-state index in [1.165, 1.54) is 6.92 Å². The third-order valence-electron chi connectivity index (χ3n) is 4.86. The summed E-state index contributed by atoms with van der Waals surface area (Å²) in [6, 6.07) is 0.197. The first-order chi connectivity index (χ1) is 15.0. The van der Waals surface area contributed by atoms with Gasteiger partial charge in [0, 0.05) is 53.1 Å². The molecule has 0 amide bonds. The average Bonchev–Trinajstić information content (AvgIpc) is 3.18. The molecule has 1 aliphatic carbocycles. The van der Waals surface area contributed by atoms with E-state index in [1.54, 1.807) is 14.2 Å². The first-order valence-corrected chi connectivity index (χ1v) is 9.15. The van der Waals surface area contributed by atoms with Crippen molar-refractivity contribution in [3.05, 3.63) is 60.9 Å². The van der Waals surface area contributed by atoms with Crippen LogP contribution < -0.4 is 14.8 Å². The minimum absolute atomic E-state index is 0. The number of esters is 1. The molecule has 0 spiro atoms. The molecule has 1 heterocycles. The van der Waals surface area contributed by atoms with Gasteiger partial charge in [-0.25, -0.2) is 0 Å². The minimum Gasteiger partial charge on any atom is 0 e. The van der Waals surface area contributed by atoms with Crippen molar-refractivity contribution in [2.24, 2.45) is 0 Å². The van der Waals surface area contributed by atoms with Gasteiger partial charge in [-0.15, -0.1) is 0 Å². The van der Waals surface area contributed by atoms with E-state index >= 15 is 0 Å². The number of nitrogens with one attached hydrogen (secondary N) is 1. The van der Waals surface area contributed by atoms with Crippen LogP contribution in [0.5, 0.6) is 11.5 Å². The van der Waals surface area contributed by atoms with Crippen LogP contribution in [-0.4, -0.2) is 32.3 Å². The molecule has 3 rings (SSSR count). The summed E-state index contributed by atoms with van der Waals surface area (Å²) in [7, 11) is 3.33. The molecule has 0 saturated carbocycles. The number of hydrogen-bond acceptors (Lipinski definition) is 5. The Hall–Kier alpha value is -2.69. The first-order valence-electron chi connectivity index (χ1n) is 9.15. The second-order valence-electron chi connectivity index (χ2n) is 6.55. The maximum atomic E-state index is 11.3. The summed E-state index contributed by atoms with van der Waals surface area (Å²) in [6.45, 7) is 18.9. The van der Waals surface area contributed by atoms with E-state index in [2.05, 4.69) is 49.6 Å². The van der Waals surface area contributed by atoms with Crippen molar-refractivity contribution < 1.29 is 50.0 Å². The number of rotatable bonds is 5. The second-order valence-corrected chi connectivity index (χ2v) is 6.55. The van der Waals surface area contributed by atoms with Crippen molar-refractivity contribution in [2.75, 3.05) is 19.5 Å². The smallest absolute Gasteiger partial charge is 0 e. The molecule has 0 fully saturated rings. The SMILES string of the molecule is COc1c(C)c(CC(C)OC(C)=O)c2c(c1OC)[C@H]1C=CC=C[C@H]1N2.[C-]#[O+].[C-]#[O+].[C-]#[O+].[Fe]. The van der Waals surface area contributed by atoms with E-state index in [0.29, 0.717) is 6.42 Å². The van der Waals surface area contributed by atoms with Gasteiger partial charge in [0.1, 0.15) is 6.10 Å². The summed E-state index contributed by atoms with van der Waals surface area (Å²) in [6.07, 6.45) is 8.86. The molecule has 8 nitrogen and oxygen atoms in total. The molecular formula is C23H25FeNO7. The summed E-state index contributed by atoms with van der Waals surface area (Å²) in [5, 5.41) is 3.62. The molecule has 3 atom stereocenters. The number of hydrogen-bond donors (Lipinski definition) is 1. The van der Waals surface area contributed by atoms with Crippen molar-refractivity contribution in [2.45, 2.75) is 45.3 Å². The van der Waals surface area contributed by atoms with Crippen LogP contribution in [0.4, 0.5) is 5.69 Å². The number of fused-ring (bicyclic) bond motifs is 3. The molecule has 0 radical (unpaired) electrons. The molecule has 1 aromatic carbocycles. The van der Waals surface area contributed by atoms with Crippen LogP contribution in [0, 0.1) is 26.9 Å². The predicted molar refractivity (Wildman–Crippen MR) is 109 cm³/mol. The van der Waals surface area contributed by atoms with Crippen LogP contribution in [-0.2, 0) is 47.0 Å². The van der Waals surface area contributed by atoms with E-state index in [-0.39, 0.29) is 41.1 Å². The standard InChI is InChI=1S/C20H25NO4.3CO.Fe/c1-11(25-13(3)22)10-15-12(2)19(23-4)20(24-5)17-14-8-6-7-9-16(14)21-18(15)17;3*1-2;/h6-9,11,14,16,21H,10H2,1-5H3;;;;/t11?,14-,16+;;;;/m0..../s1. The minimum atomic E-state index is -0.269. The molecule has 0 saturated heterocycles. The predicted octanol–water partition coefficient (Wildman–Crippen LogP) is 3.39. The van der Waals surface area contributed by atoms with Gasteiger partial charge in [0.05, 0.1) is 20.3 Å². The Morgan fingerprint density at radius 3 is 2.09 bits per heavy atom. The molecule has 1 N–H and O–H groups in total. The molecule has 172 valence electrons. The first kappa shape index (κ1) is 31.5. The number of methoxy groups -OCH3 is 2. The molecular weight excluding hydrogens is 458 g/mol. The summed E-state index contributed by atoms with van der Waals surface area (Å²) in [5.41, 5.74) is 4.30. The fourth-order valence-electron chi connectivity index (χ4n) is 3.88. The maximum Gasteiger partial charge on any atom is 0 e. The Balaban J connectivity index is 0. The molecule has 1 unspecified atom stereocenters. The van der Waals surface area contributed by atoms with E-state index in [1.807, 2.05) is 13.8 Å². The van der Waals surface area contributed by atoms with E-state index < -0.39 is 0 Å². The van der Waals surface area contributed by atoms with Crippen LogP contribution in [0.3, 0.4) is 0 Å². The maximum absolute atomic E-state index is 11.3. The molecule has 0 bridgehead atoms. The fourth-order valence-corrected chi connectivity index (χ4v) is 3.88. The Kier molecular flexibility index (Phi) is 15.8. The number of anilines is 1. The Morgan fingerprint density at radius 1 is 1.06 bits per heavy atom. The Labute approximate surface area is 199 Å². The number of allylic oxidation sites excluding steroid dienone is 2. The largest absolute Gasteiger partial charge is 0 e. The molecule has 1 aromatic rings. The van der Waals surface area contributed by atoms with Gasteiger partial charge >= 0.3 is 39.9 Å². The Morgan fingerprint density at radius 2 is 1.59 bits per heavy atom. The van der Waals surface area contributed by atoms with Crippen LogP contribution >= 0.6 is 0 Å². The van der Waals surface area contributed by atoms with Gasteiger partial charge in [-0.2, -0.15) is 0 Å². The van der Waals surface area contributed by atoms with Crippen LogP contribution in [0.1, 0.15) is 36.5 Å². The summed E-state index contributed by atoms with van der Waals surface area (Å²) < 4.78 is 39.2. The fraction of sp³-hybridized carbons (Fsp3) is 0.391.